The molecule has 1 unspecified atom stereocenters. The van der Waals surface area contributed by atoms with Gasteiger partial charge in [0.25, 0.3) is 0 Å². The molecule has 13 heavy (non-hydrogen) atoms. The summed E-state index contributed by atoms with van der Waals surface area (Å²) in [5.74, 6) is 0. The molecule has 1 heteroatoms. The monoisotopic (exact) mass is 178 g/mol. The molecule has 0 aromatic heterocycles. The summed E-state index contributed by atoms with van der Waals surface area (Å²) in [7, 11) is 0. The molecule has 0 aliphatic rings. The zero-order valence-electron chi connectivity index (χ0n) is 8.46. The van der Waals surface area contributed by atoms with Gasteiger partial charge in [-0.15, -0.1) is 0 Å². The lowest BCUT2D eigenvalue weighted by molar-refractivity contribution is 0.185. The van der Waals surface area contributed by atoms with Gasteiger partial charge in [-0.05, 0) is 37.3 Å². The van der Waals surface area contributed by atoms with Crippen molar-refractivity contribution in [2.24, 2.45) is 0 Å². The summed E-state index contributed by atoms with van der Waals surface area (Å²) in [6, 6.07) is 8.59. The van der Waals surface area contributed by atoms with Crippen molar-refractivity contribution in [1.29, 1.82) is 0 Å². The van der Waals surface area contributed by atoms with Gasteiger partial charge >= 0.3 is 0 Å². The van der Waals surface area contributed by atoms with Crippen molar-refractivity contribution in [1.82, 2.24) is 0 Å². The molecule has 1 nitrogen and oxygen atoms in total. The van der Waals surface area contributed by atoms with E-state index >= 15 is 0 Å². The van der Waals surface area contributed by atoms with Crippen LogP contribution < -0.4 is 0 Å². The van der Waals surface area contributed by atoms with E-state index in [1.807, 2.05) is 6.92 Å². The van der Waals surface area contributed by atoms with Gasteiger partial charge in [-0.3, -0.25) is 0 Å². The quantitative estimate of drug-likeness (QED) is 0.751. The van der Waals surface area contributed by atoms with Gasteiger partial charge in [0, 0.05) is 0 Å². The van der Waals surface area contributed by atoms with Gasteiger partial charge in [0.2, 0.25) is 0 Å². The SMILES string of the molecule is CCc1cccc(CCC(C)O)c1. The predicted octanol–water partition coefficient (Wildman–Crippen LogP) is 2.56. The first-order valence-electron chi connectivity index (χ1n) is 4.98. The van der Waals surface area contributed by atoms with Crippen LogP contribution in [-0.4, -0.2) is 11.2 Å². The third-order valence-electron chi connectivity index (χ3n) is 2.25. The Kier molecular flexibility index (Phi) is 3.97. The minimum Gasteiger partial charge on any atom is -0.393 e. The van der Waals surface area contributed by atoms with E-state index in [0.717, 1.165) is 19.3 Å². The maximum Gasteiger partial charge on any atom is 0.0515 e. The highest BCUT2D eigenvalue weighted by molar-refractivity contribution is 5.23. The number of rotatable bonds is 4. The smallest absolute Gasteiger partial charge is 0.0515 e. The highest BCUT2D eigenvalue weighted by Crippen LogP contribution is 2.09. The van der Waals surface area contributed by atoms with Crippen LogP contribution in [0, 0.1) is 0 Å². The third-order valence-corrected chi connectivity index (χ3v) is 2.25. The number of benzene rings is 1. The Morgan fingerprint density at radius 1 is 1.31 bits per heavy atom. The van der Waals surface area contributed by atoms with E-state index in [0.29, 0.717) is 0 Å². The van der Waals surface area contributed by atoms with Gasteiger partial charge in [0.15, 0.2) is 0 Å². The summed E-state index contributed by atoms with van der Waals surface area (Å²) in [6.07, 6.45) is 2.73. The van der Waals surface area contributed by atoms with E-state index in [2.05, 4.69) is 31.2 Å². The molecule has 0 aliphatic heterocycles. The fraction of sp³-hybridized carbons (Fsp3) is 0.500. The lowest BCUT2D eigenvalue weighted by atomic mass is 10.0. The molecule has 0 fully saturated rings. The van der Waals surface area contributed by atoms with E-state index in [4.69, 9.17) is 5.11 Å². The van der Waals surface area contributed by atoms with E-state index in [-0.39, 0.29) is 6.10 Å². The van der Waals surface area contributed by atoms with Gasteiger partial charge in [0.05, 0.1) is 6.10 Å². The molecule has 0 amide bonds. The summed E-state index contributed by atoms with van der Waals surface area (Å²) in [5.41, 5.74) is 2.71. The molecule has 0 saturated carbocycles. The Morgan fingerprint density at radius 2 is 2.00 bits per heavy atom. The highest BCUT2D eigenvalue weighted by Gasteiger charge is 1.98. The molecule has 0 saturated heterocycles. The van der Waals surface area contributed by atoms with Gasteiger partial charge < -0.3 is 5.11 Å². The predicted molar refractivity (Wildman–Crippen MR) is 55.8 cm³/mol. The molecule has 72 valence electrons. The fourth-order valence-corrected chi connectivity index (χ4v) is 1.38. The number of aryl methyl sites for hydroxylation is 2. The maximum absolute atomic E-state index is 9.14. The number of aliphatic hydroxyl groups excluding tert-OH is 1. The molecule has 0 spiro atoms. The normalized spacial score (nSPS) is 12.8. The molecule has 1 atom stereocenters. The second-order valence-electron chi connectivity index (χ2n) is 3.56. The zero-order valence-corrected chi connectivity index (χ0v) is 8.46. The van der Waals surface area contributed by atoms with Crippen LogP contribution in [0.2, 0.25) is 0 Å². The van der Waals surface area contributed by atoms with Crippen LogP contribution in [-0.2, 0) is 12.8 Å². The molecule has 0 bridgehead atoms. The van der Waals surface area contributed by atoms with Gasteiger partial charge in [-0.1, -0.05) is 31.2 Å². The Morgan fingerprint density at radius 3 is 2.62 bits per heavy atom. The van der Waals surface area contributed by atoms with Crippen molar-refractivity contribution in [2.75, 3.05) is 0 Å². The topological polar surface area (TPSA) is 20.2 Å². The summed E-state index contributed by atoms with van der Waals surface area (Å²) in [4.78, 5) is 0. The van der Waals surface area contributed by atoms with Crippen LogP contribution in [0.15, 0.2) is 24.3 Å². The first kappa shape index (κ1) is 10.3. The summed E-state index contributed by atoms with van der Waals surface area (Å²) in [5, 5.41) is 9.14. The minimum atomic E-state index is -0.190. The Bertz CT molecular complexity index is 253. The van der Waals surface area contributed by atoms with Crippen LogP contribution in [0.5, 0.6) is 0 Å². The zero-order chi connectivity index (χ0) is 9.68. The molecule has 0 radical (unpaired) electrons. The van der Waals surface area contributed by atoms with Crippen molar-refractivity contribution >= 4 is 0 Å². The first-order valence-corrected chi connectivity index (χ1v) is 4.98. The highest BCUT2D eigenvalue weighted by atomic mass is 16.3. The lowest BCUT2D eigenvalue weighted by Crippen LogP contribution is -2.01. The van der Waals surface area contributed by atoms with Gasteiger partial charge in [-0.2, -0.15) is 0 Å². The van der Waals surface area contributed by atoms with Crippen molar-refractivity contribution in [2.45, 2.75) is 39.2 Å². The molecule has 0 aliphatic carbocycles. The number of hydrogen-bond donors (Lipinski definition) is 1. The minimum absolute atomic E-state index is 0.190. The second-order valence-corrected chi connectivity index (χ2v) is 3.56. The van der Waals surface area contributed by atoms with E-state index < -0.39 is 0 Å². The first-order chi connectivity index (χ1) is 6.22. The molecule has 1 N–H and O–H groups in total. The van der Waals surface area contributed by atoms with E-state index in [1.165, 1.54) is 11.1 Å². The summed E-state index contributed by atoms with van der Waals surface area (Å²) < 4.78 is 0. The molecule has 1 aromatic carbocycles. The molecular weight excluding hydrogens is 160 g/mol. The van der Waals surface area contributed by atoms with E-state index in [1.54, 1.807) is 0 Å². The standard InChI is InChI=1S/C12H18O/c1-3-11-5-4-6-12(9-11)8-7-10(2)13/h4-6,9-10,13H,3,7-8H2,1-2H3. The third kappa shape index (κ3) is 3.60. The fourth-order valence-electron chi connectivity index (χ4n) is 1.38. The van der Waals surface area contributed by atoms with Crippen LogP contribution >= 0.6 is 0 Å². The van der Waals surface area contributed by atoms with E-state index in [9.17, 15) is 0 Å². The Balaban J connectivity index is 2.56. The molecule has 1 aromatic rings. The maximum atomic E-state index is 9.14. The van der Waals surface area contributed by atoms with Crippen molar-refractivity contribution < 1.29 is 5.11 Å². The average Bonchev–Trinajstić information content (AvgIpc) is 2.15. The molecule has 1 rings (SSSR count). The lowest BCUT2D eigenvalue weighted by Gasteiger charge is -2.05. The number of hydrogen-bond acceptors (Lipinski definition) is 1. The van der Waals surface area contributed by atoms with Crippen molar-refractivity contribution in [3.63, 3.8) is 0 Å². The van der Waals surface area contributed by atoms with Crippen molar-refractivity contribution in [3.8, 4) is 0 Å². The molecular formula is C12H18O. The Labute approximate surface area is 80.4 Å². The Hall–Kier alpha value is -0.820. The van der Waals surface area contributed by atoms with Crippen molar-refractivity contribution in [3.05, 3.63) is 35.4 Å². The van der Waals surface area contributed by atoms with Gasteiger partial charge in [0.1, 0.15) is 0 Å². The summed E-state index contributed by atoms with van der Waals surface area (Å²) >= 11 is 0. The summed E-state index contributed by atoms with van der Waals surface area (Å²) in [6.45, 7) is 4.00. The number of aliphatic hydroxyl groups is 1. The van der Waals surface area contributed by atoms with Crippen LogP contribution in [0.4, 0.5) is 0 Å². The van der Waals surface area contributed by atoms with Crippen LogP contribution in [0.3, 0.4) is 0 Å². The van der Waals surface area contributed by atoms with Crippen LogP contribution in [0.25, 0.3) is 0 Å². The van der Waals surface area contributed by atoms with Crippen LogP contribution in [0.1, 0.15) is 31.4 Å². The second kappa shape index (κ2) is 5.03. The van der Waals surface area contributed by atoms with Gasteiger partial charge in [-0.25, -0.2) is 0 Å². The average molecular weight is 178 g/mol. The molecule has 0 heterocycles. The largest absolute Gasteiger partial charge is 0.393 e.